The summed E-state index contributed by atoms with van der Waals surface area (Å²) in [4.78, 5) is 27.2. The molecule has 0 aliphatic heterocycles. The molecule has 2 aromatic carbocycles. The minimum Gasteiger partial charge on any atom is -0.493 e. The Kier molecular flexibility index (Phi) is 4.02. The number of imidazole rings is 1. The zero-order valence-corrected chi connectivity index (χ0v) is 15.0. The minimum atomic E-state index is -0.307. The molecule has 4 aromatic rings. The van der Waals surface area contributed by atoms with Crippen LogP contribution in [0.3, 0.4) is 0 Å². The van der Waals surface area contributed by atoms with Gasteiger partial charge in [-0.05, 0) is 24.6 Å². The van der Waals surface area contributed by atoms with Crippen molar-refractivity contribution >= 4 is 21.9 Å². The molecule has 7 nitrogen and oxygen atoms in total. The fraction of sp³-hybridized carbons (Fsp3) is 0.211. The molecule has 0 aliphatic rings. The van der Waals surface area contributed by atoms with Gasteiger partial charge in [0.25, 0.3) is 5.56 Å². The number of nitrogens with one attached hydrogen (secondary N) is 2. The monoisotopic (exact) mass is 368 g/mol. The maximum atomic E-state index is 13.7. The van der Waals surface area contributed by atoms with Crippen LogP contribution in [0.2, 0.25) is 0 Å². The van der Waals surface area contributed by atoms with Crippen LogP contribution in [0.15, 0.2) is 29.1 Å². The van der Waals surface area contributed by atoms with Crippen LogP contribution >= 0.6 is 0 Å². The molecule has 2 aromatic heterocycles. The molecule has 2 N–H and O–H groups in total. The van der Waals surface area contributed by atoms with Crippen molar-refractivity contribution in [2.45, 2.75) is 13.3 Å². The molecule has 27 heavy (non-hydrogen) atoms. The number of fused-ring (bicyclic) bond motifs is 2. The molecule has 0 radical (unpaired) electrons. The average Bonchev–Trinajstić information content (AvgIpc) is 3.01. The van der Waals surface area contributed by atoms with Crippen LogP contribution in [0.25, 0.3) is 21.9 Å². The molecule has 0 spiro atoms. The van der Waals surface area contributed by atoms with Crippen LogP contribution in [0.1, 0.15) is 17.2 Å². The summed E-state index contributed by atoms with van der Waals surface area (Å²) in [6.07, 6.45) is 0.273. The summed E-state index contributed by atoms with van der Waals surface area (Å²) in [6, 6.07) is 6.34. The Morgan fingerprint density at radius 3 is 2.37 bits per heavy atom. The van der Waals surface area contributed by atoms with Gasteiger partial charge in [-0.2, -0.15) is 0 Å². The summed E-state index contributed by atoms with van der Waals surface area (Å²) in [5, 5.41) is 0.402. The summed E-state index contributed by atoms with van der Waals surface area (Å²) >= 11 is 0. The number of benzene rings is 2. The van der Waals surface area contributed by atoms with Crippen molar-refractivity contribution < 1.29 is 13.9 Å². The SMILES string of the molecule is COc1cc2nc(Cc3nc4cc(F)c(C)cc4[nH]3)[nH]c(=O)c2cc1OC. The van der Waals surface area contributed by atoms with Crippen molar-refractivity contribution in [3.05, 3.63) is 57.6 Å². The molecule has 0 bridgehead atoms. The van der Waals surface area contributed by atoms with Crippen molar-refractivity contribution in [2.75, 3.05) is 14.2 Å². The zero-order chi connectivity index (χ0) is 19.1. The lowest BCUT2D eigenvalue weighted by Gasteiger charge is -2.09. The molecule has 0 amide bonds. The molecule has 0 aliphatic carbocycles. The first-order valence-electron chi connectivity index (χ1n) is 8.28. The fourth-order valence-corrected chi connectivity index (χ4v) is 3.03. The summed E-state index contributed by atoms with van der Waals surface area (Å²) in [5.74, 6) is 1.66. The molecule has 0 fully saturated rings. The summed E-state index contributed by atoms with van der Waals surface area (Å²) in [7, 11) is 3.03. The molecular formula is C19H17FN4O3. The molecular weight excluding hydrogens is 351 g/mol. The van der Waals surface area contributed by atoms with E-state index >= 15 is 0 Å². The van der Waals surface area contributed by atoms with E-state index in [2.05, 4.69) is 19.9 Å². The normalized spacial score (nSPS) is 11.3. The van der Waals surface area contributed by atoms with Gasteiger partial charge in [0.2, 0.25) is 0 Å². The van der Waals surface area contributed by atoms with Crippen molar-refractivity contribution in [3.8, 4) is 11.5 Å². The minimum absolute atomic E-state index is 0.273. The highest BCUT2D eigenvalue weighted by atomic mass is 19.1. The van der Waals surface area contributed by atoms with Crippen LogP contribution in [0.5, 0.6) is 11.5 Å². The number of aromatic amines is 2. The second kappa shape index (κ2) is 6.39. The zero-order valence-electron chi connectivity index (χ0n) is 15.0. The second-order valence-corrected chi connectivity index (χ2v) is 6.22. The summed E-state index contributed by atoms with van der Waals surface area (Å²) < 4.78 is 24.2. The number of halogens is 1. The third kappa shape index (κ3) is 2.99. The number of rotatable bonds is 4. The lowest BCUT2D eigenvalue weighted by Crippen LogP contribution is -2.13. The number of H-pyrrole nitrogens is 2. The van der Waals surface area contributed by atoms with E-state index in [1.807, 2.05) is 0 Å². The van der Waals surface area contributed by atoms with E-state index in [-0.39, 0.29) is 17.8 Å². The third-order valence-electron chi connectivity index (χ3n) is 4.41. The summed E-state index contributed by atoms with van der Waals surface area (Å²) in [5.41, 5.74) is 2.01. The standard InChI is InChI=1S/C19H17FN4O3/c1-9-4-13-14(6-11(9)20)23-17(22-13)8-18-21-12-7-16(27-3)15(26-2)5-10(12)19(25)24-18/h4-7H,8H2,1-3H3,(H,22,23)(H,21,24,25). The molecule has 4 rings (SSSR count). The van der Waals surface area contributed by atoms with Crippen molar-refractivity contribution in [2.24, 2.45) is 0 Å². The Morgan fingerprint density at radius 1 is 0.963 bits per heavy atom. The van der Waals surface area contributed by atoms with E-state index in [1.54, 1.807) is 25.1 Å². The van der Waals surface area contributed by atoms with Crippen molar-refractivity contribution in [3.63, 3.8) is 0 Å². The predicted molar refractivity (Wildman–Crippen MR) is 99.1 cm³/mol. The largest absolute Gasteiger partial charge is 0.493 e. The smallest absolute Gasteiger partial charge is 0.258 e. The first-order valence-corrected chi connectivity index (χ1v) is 8.28. The number of ether oxygens (including phenoxy) is 2. The fourth-order valence-electron chi connectivity index (χ4n) is 3.03. The van der Waals surface area contributed by atoms with Gasteiger partial charge in [0.1, 0.15) is 17.5 Å². The van der Waals surface area contributed by atoms with Crippen molar-refractivity contribution in [1.29, 1.82) is 0 Å². The van der Waals surface area contributed by atoms with Crippen LogP contribution in [0, 0.1) is 12.7 Å². The van der Waals surface area contributed by atoms with Gasteiger partial charge in [-0.25, -0.2) is 14.4 Å². The number of aryl methyl sites for hydroxylation is 1. The highest BCUT2D eigenvalue weighted by molar-refractivity contribution is 5.82. The van der Waals surface area contributed by atoms with Gasteiger partial charge in [-0.1, -0.05) is 0 Å². The van der Waals surface area contributed by atoms with E-state index in [1.165, 1.54) is 20.3 Å². The molecule has 0 atom stereocenters. The van der Waals surface area contributed by atoms with E-state index in [0.29, 0.717) is 45.1 Å². The maximum Gasteiger partial charge on any atom is 0.258 e. The lowest BCUT2D eigenvalue weighted by molar-refractivity contribution is 0.355. The van der Waals surface area contributed by atoms with E-state index in [9.17, 15) is 9.18 Å². The number of hydrogen-bond donors (Lipinski definition) is 2. The Hall–Kier alpha value is -3.42. The van der Waals surface area contributed by atoms with Gasteiger partial charge in [0.05, 0.1) is 42.6 Å². The molecule has 0 saturated carbocycles. The molecule has 0 saturated heterocycles. The highest BCUT2D eigenvalue weighted by Gasteiger charge is 2.13. The topological polar surface area (TPSA) is 92.9 Å². The van der Waals surface area contributed by atoms with Gasteiger partial charge < -0.3 is 19.4 Å². The molecule has 138 valence electrons. The van der Waals surface area contributed by atoms with Gasteiger partial charge >= 0.3 is 0 Å². The van der Waals surface area contributed by atoms with Gasteiger partial charge in [0.15, 0.2) is 11.5 Å². The third-order valence-corrected chi connectivity index (χ3v) is 4.41. The maximum absolute atomic E-state index is 13.7. The van der Waals surface area contributed by atoms with Gasteiger partial charge in [0, 0.05) is 12.1 Å². The highest BCUT2D eigenvalue weighted by Crippen LogP contribution is 2.30. The molecule has 2 heterocycles. The first-order chi connectivity index (χ1) is 13.0. The number of hydrogen-bond acceptors (Lipinski definition) is 5. The first kappa shape index (κ1) is 17.0. The van der Waals surface area contributed by atoms with Gasteiger partial charge in [-0.15, -0.1) is 0 Å². The van der Waals surface area contributed by atoms with E-state index < -0.39 is 0 Å². The lowest BCUT2D eigenvalue weighted by atomic mass is 10.2. The average molecular weight is 368 g/mol. The van der Waals surface area contributed by atoms with Crippen LogP contribution in [-0.4, -0.2) is 34.2 Å². The van der Waals surface area contributed by atoms with Crippen LogP contribution in [0.4, 0.5) is 4.39 Å². The Morgan fingerprint density at radius 2 is 1.63 bits per heavy atom. The Labute approximate surface area is 153 Å². The number of nitrogens with zero attached hydrogens (tertiary/aromatic N) is 2. The number of methoxy groups -OCH3 is 2. The quantitative estimate of drug-likeness (QED) is 0.578. The predicted octanol–water partition coefficient (Wildman–Crippen LogP) is 2.85. The van der Waals surface area contributed by atoms with Crippen LogP contribution < -0.4 is 15.0 Å². The summed E-state index contributed by atoms with van der Waals surface area (Å²) in [6.45, 7) is 1.69. The molecule has 0 unspecified atom stereocenters. The Balaban J connectivity index is 1.77. The molecule has 8 heteroatoms. The van der Waals surface area contributed by atoms with Gasteiger partial charge in [-0.3, -0.25) is 4.79 Å². The van der Waals surface area contributed by atoms with Crippen LogP contribution in [-0.2, 0) is 6.42 Å². The second-order valence-electron chi connectivity index (χ2n) is 6.22. The van der Waals surface area contributed by atoms with E-state index in [0.717, 1.165) is 5.52 Å². The Bertz CT molecular complexity index is 1190. The number of aromatic nitrogens is 4. The van der Waals surface area contributed by atoms with E-state index in [4.69, 9.17) is 9.47 Å². The van der Waals surface area contributed by atoms with Crippen molar-refractivity contribution in [1.82, 2.24) is 19.9 Å².